The van der Waals surface area contributed by atoms with Crippen LogP contribution in [-0.4, -0.2) is 60.2 Å². The Morgan fingerprint density at radius 2 is 1.92 bits per heavy atom. The van der Waals surface area contributed by atoms with Crippen LogP contribution in [0.1, 0.15) is 24.8 Å². The number of ether oxygens (including phenoxy) is 2. The summed E-state index contributed by atoms with van der Waals surface area (Å²) in [5.74, 6) is -0.181. The number of hydrogen-bond acceptors (Lipinski definition) is 5. The summed E-state index contributed by atoms with van der Waals surface area (Å²) in [6, 6.07) is 9.58. The fraction of sp³-hybridized carbons (Fsp3) is 0.529. The predicted octanol–water partition coefficient (Wildman–Crippen LogP) is 0.524. The summed E-state index contributed by atoms with van der Waals surface area (Å²) in [7, 11) is 0. The lowest BCUT2D eigenvalue weighted by Crippen LogP contribution is -2.45. The molecule has 2 aliphatic rings. The summed E-state index contributed by atoms with van der Waals surface area (Å²) >= 11 is 0. The largest absolute Gasteiger partial charge is 0.483 e. The zero-order valence-corrected chi connectivity index (χ0v) is 13.5. The number of nitrogens with one attached hydrogen (secondary N) is 1. The first kappa shape index (κ1) is 18.4. The van der Waals surface area contributed by atoms with Crippen LogP contribution >= 0.6 is 0 Å². The van der Waals surface area contributed by atoms with Gasteiger partial charge in [0.15, 0.2) is 0 Å². The van der Waals surface area contributed by atoms with Crippen molar-refractivity contribution < 1.29 is 29.3 Å². The molecule has 7 nitrogen and oxygen atoms in total. The molecule has 0 unspecified atom stereocenters. The average Bonchev–Trinajstić information content (AvgIpc) is 3.14. The van der Waals surface area contributed by atoms with Crippen molar-refractivity contribution in [3.8, 4) is 0 Å². The van der Waals surface area contributed by atoms with E-state index in [2.05, 4.69) is 5.32 Å². The molecule has 0 bridgehead atoms. The zero-order chi connectivity index (χ0) is 17.5. The Bertz CT molecular complexity index is 537. The van der Waals surface area contributed by atoms with Crippen LogP contribution in [0.25, 0.3) is 0 Å². The van der Waals surface area contributed by atoms with Crippen molar-refractivity contribution in [3.63, 3.8) is 0 Å². The fourth-order valence-electron chi connectivity index (χ4n) is 3.14. The number of carbonyl (C=O) groups excluding carboxylic acids is 1. The van der Waals surface area contributed by atoms with Crippen LogP contribution in [0, 0.1) is 0 Å². The van der Waals surface area contributed by atoms with E-state index in [9.17, 15) is 9.90 Å². The molecule has 2 saturated heterocycles. The summed E-state index contributed by atoms with van der Waals surface area (Å²) in [5, 5.41) is 19.6. The van der Waals surface area contributed by atoms with Gasteiger partial charge in [-0.2, -0.15) is 0 Å². The van der Waals surface area contributed by atoms with E-state index in [4.69, 9.17) is 19.4 Å². The highest BCUT2D eigenvalue weighted by molar-refractivity contribution is 5.84. The SMILES string of the molecule is CC[C@@H](C(=O)N[C@@H]1CO[C@H]2[C@@H]1OC[C@H]2O)c1ccccc1.O=CO. The van der Waals surface area contributed by atoms with Crippen molar-refractivity contribution in [2.24, 2.45) is 0 Å². The Morgan fingerprint density at radius 3 is 2.54 bits per heavy atom. The normalized spacial score (nSPS) is 29.1. The van der Waals surface area contributed by atoms with Crippen LogP contribution in [0.2, 0.25) is 0 Å². The highest BCUT2D eigenvalue weighted by Crippen LogP contribution is 2.28. The number of carbonyl (C=O) groups is 2. The number of rotatable bonds is 4. The number of fused-ring (bicyclic) bond motifs is 1. The first-order valence-corrected chi connectivity index (χ1v) is 7.96. The quantitative estimate of drug-likeness (QED) is 0.692. The molecule has 0 aliphatic carbocycles. The zero-order valence-electron chi connectivity index (χ0n) is 13.5. The molecular formula is C17H23NO6. The van der Waals surface area contributed by atoms with Gasteiger partial charge in [0.25, 0.3) is 6.47 Å². The molecule has 1 amide bonds. The summed E-state index contributed by atoms with van der Waals surface area (Å²) in [4.78, 5) is 20.9. The maximum atomic E-state index is 12.5. The van der Waals surface area contributed by atoms with Crippen LogP contribution in [0.15, 0.2) is 30.3 Å². The van der Waals surface area contributed by atoms with Crippen LogP contribution in [0.4, 0.5) is 0 Å². The molecule has 0 saturated carbocycles. The monoisotopic (exact) mass is 337 g/mol. The molecule has 24 heavy (non-hydrogen) atoms. The molecule has 1 aromatic carbocycles. The first-order chi connectivity index (χ1) is 11.6. The van der Waals surface area contributed by atoms with E-state index in [1.165, 1.54) is 0 Å². The lowest BCUT2D eigenvalue weighted by molar-refractivity contribution is -0.124. The van der Waals surface area contributed by atoms with Gasteiger partial charge in [-0.1, -0.05) is 37.3 Å². The van der Waals surface area contributed by atoms with E-state index in [0.717, 1.165) is 12.0 Å². The molecule has 3 N–H and O–H groups in total. The van der Waals surface area contributed by atoms with Crippen molar-refractivity contribution >= 4 is 12.4 Å². The van der Waals surface area contributed by atoms with Gasteiger partial charge in [-0.25, -0.2) is 0 Å². The van der Waals surface area contributed by atoms with Gasteiger partial charge in [-0.3, -0.25) is 9.59 Å². The van der Waals surface area contributed by atoms with Crippen molar-refractivity contribution in [3.05, 3.63) is 35.9 Å². The third kappa shape index (κ3) is 4.11. The Kier molecular flexibility index (Phi) is 6.72. The lowest BCUT2D eigenvalue weighted by Gasteiger charge is -2.21. The van der Waals surface area contributed by atoms with Crippen molar-refractivity contribution in [1.29, 1.82) is 0 Å². The number of hydrogen-bond donors (Lipinski definition) is 3. The number of aliphatic hydroxyl groups is 1. The fourth-order valence-corrected chi connectivity index (χ4v) is 3.14. The van der Waals surface area contributed by atoms with Gasteiger partial charge in [0.05, 0.1) is 25.2 Å². The molecular weight excluding hydrogens is 314 g/mol. The van der Waals surface area contributed by atoms with Crippen LogP contribution in [0.3, 0.4) is 0 Å². The molecule has 5 atom stereocenters. The van der Waals surface area contributed by atoms with Gasteiger partial charge in [-0.15, -0.1) is 0 Å². The summed E-state index contributed by atoms with van der Waals surface area (Å²) in [6.07, 6.45) is -0.404. The average molecular weight is 337 g/mol. The van der Waals surface area contributed by atoms with Crippen LogP contribution in [0.5, 0.6) is 0 Å². The molecule has 3 rings (SSSR count). The van der Waals surface area contributed by atoms with Crippen molar-refractivity contribution in [2.75, 3.05) is 13.2 Å². The Morgan fingerprint density at radius 1 is 1.29 bits per heavy atom. The molecule has 0 radical (unpaired) electrons. The Labute approximate surface area is 140 Å². The predicted molar refractivity (Wildman–Crippen MR) is 85.6 cm³/mol. The number of benzene rings is 1. The van der Waals surface area contributed by atoms with Gasteiger partial charge in [0.2, 0.25) is 5.91 Å². The van der Waals surface area contributed by atoms with E-state index in [-0.39, 0.29) is 43.2 Å². The summed E-state index contributed by atoms with van der Waals surface area (Å²) < 4.78 is 11.1. The molecule has 2 heterocycles. The molecule has 132 valence electrons. The third-order valence-electron chi connectivity index (χ3n) is 4.28. The van der Waals surface area contributed by atoms with E-state index >= 15 is 0 Å². The minimum atomic E-state index is -0.590. The van der Waals surface area contributed by atoms with Crippen molar-refractivity contribution in [2.45, 2.75) is 43.6 Å². The highest BCUT2D eigenvalue weighted by Gasteiger charge is 2.47. The molecule has 7 heteroatoms. The Balaban J connectivity index is 0.000000647. The second kappa shape index (κ2) is 8.77. The van der Waals surface area contributed by atoms with Gasteiger partial charge in [-0.05, 0) is 12.0 Å². The number of amides is 1. The molecule has 1 aromatic rings. The summed E-state index contributed by atoms with van der Waals surface area (Å²) in [5.41, 5.74) is 1.01. The molecule has 0 spiro atoms. The van der Waals surface area contributed by atoms with Gasteiger partial charge < -0.3 is 25.0 Å². The second-order valence-electron chi connectivity index (χ2n) is 5.76. The first-order valence-electron chi connectivity index (χ1n) is 7.96. The topological polar surface area (TPSA) is 105 Å². The maximum Gasteiger partial charge on any atom is 0.290 e. The number of carboxylic acid groups (broad SMARTS) is 1. The smallest absolute Gasteiger partial charge is 0.290 e. The molecule has 0 aromatic heterocycles. The maximum absolute atomic E-state index is 12.5. The van der Waals surface area contributed by atoms with E-state index < -0.39 is 6.10 Å². The lowest BCUT2D eigenvalue weighted by atomic mass is 9.95. The summed E-state index contributed by atoms with van der Waals surface area (Å²) in [6.45, 7) is 2.42. The van der Waals surface area contributed by atoms with Gasteiger partial charge in [0, 0.05) is 0 Å². The van der Waals surface area contributed by atoms with Crippen LogP contribution < -0.4 is 5.32 Å². The minimum Gasteiger partial charge on any atom is -0.483 e. The van der Waals surface area contributed by atoms with Crippen LogP contribution in [-0.2, 0) is 19.1 Å². The molecule has 2 fully saturated rings. The van der Waals surface area contributed by atoms with Gasteiger partial charge >= 0.3 is 0 Å². The number of aliphatic hydroxyl groups excluding tert-OH is 1. The van der Waals surface area contributed by atoms with Crippen molar-refractivity contribution in [1.82, 2.24) is 5.32 Å². The second-order valence-corrected chi connectivity index (χ2v) is 5.76. The van der Waals surface area contributed by atoms with E-state index in [1.54, 1.807) is 0 Å². The third-order valence-corrected chi connectivity index (χ3v) is 4.28. The molecule has 2 aliphatic heterocycles. The van der Waals surface area contributed by atoms with Gasteiger partial charge in [0.1, 0.15) is 18.3 Å². The minimum absolute atomic E-state index is 0.0112. The highest BCUT2D eigenvalue weighted by atomic mass is 16.6. The van der Waals surface area contributed by atoms with E-state index in [1.807, 2.05) is 37.3 Å². The standard InChI is InChI=1S/C16H21NO4.CH2O2/c1-2-11(10-6-4-3-5-7-10)16(19)17-12-8-20-15-13(18)9-21-14(12)15;2-1-3/h3-7,11-15,18H,2,8-9H2,1H3,(H,17,19);1H,(H,2,3)/t11-,12-,13-,14-,15-;/m1./s1. The Hall–Kier alpha value is -1.96. The van der Waals surface area contributed by atoms with E-state index in [0.29, 0.717) is 6.61 Å².